The first kappa shape index (κ1) is 19.7. The molecule has 11 heteroatoms. The Kier molecular flexibility index (Phi) is 5.56. The van der Waals surface area contributed by atoms with Crippen molar-refractivity contribution >= 4 is 50.2 Å². The standard InChI is InChI=1S/C17H13BrF2N4O4/c1-24-7-21-16-12(24)5-9(17(27)23-28-6-13(25)26)15(14(16)20)22-11-3-2-8(18)4-10(11)19/h2-5,7,22H,6H2,1H3,(H,23,27)(H,25,26). The van der Waals surface area contributed by atoms with E-state index in [1.165, 1.54) is 29.1 Å². The first-order chi connectivity index (χ1) is 13.3. The van der Waals surface area contributed by atoms with Gasteiger partial charge in [0.05, 0.1) is 28.8 Å². The largest absolute Gasteiger partial charge is 0.479 e. The molecule has 146 valence electrons. The van der Waals surface area contributed by atoms with E-state index in [9.17, 15) is 14.0 Å². The maximum Gasteiger partial charge on any atom is 0.332 e. The number of benzene rings is 2. The highest BCUT2D eigenvalue weighted by molar-refractivity contribution is 9.10. The fourth-order valence-corrected chi connectivity index (χ4v) is 2.80. The number of carbonyl (C=O) groups is 2. The molecule has 0 radical (unpaired) electrons. The Morgan fingerprint density at radius 3 is 2.75 bits per heavy atom. The van der Waals surface area contributed by atoms with Crippen molar-refractivity contribution in [1.82, 2.24) is 15.0 Å². The number of halogens is 3. The second-order valence-corrected chi connectivity index (χ2v) is 6.61. The molecule has 0 aliphatic carbocycles. The van der Waals surface area contributed by atoms with Crippen LogP contribution < -0.4 is 10.8 Å². The predicted molar refractivity (Wildman–Crippen MR) is 99.1 cm³/mol. The van der Waals surface area contributed by atoms with Crippen molar-refractivity contribution in [3.8, 4) is 0 Å². The number of aliphatic carboxylic acids is 1. The van der Waals surface area contributed by atoms with Crippen molar-refractivity contribution in [2.75, 3.05) is 11.9 Å². The van der Waals surface area contributed by atoms with Crippen LogP contribution in [0.25, 0.3) is 11.0 Å². The van der Waals surface area contributed by atoms with Crippen molar-refractivity contribution in [2.24, 2.45) is 7.05 Å². The third kappa shape index (κ3) is 3.94. The molecule has 1 aromatic heterocycles. The van der Waals surface area contributed by atoms with Crippen LogP contribution in [0.1, 0.15) is 10.4 Å². The van der Waals surface area contributed by atoms with E-state index in [1.54, 1.807) is 13.1 Å². The highest BCUT2D eigenvalue weighted by atomic mass is 79.9. The van der Waals surface area contributed by atoms with Crippen molar-refractivity contribution in [1.29, 1.82) is 0 Å². The minimum atomic E-state index is -1.30. The number of anilines is 2. The number of nitrogens with one attached hydrogen (secondary N) is 2. The van der Waals surface area contributed by atoms with E-state index >= 15 is 4.39 Å². The summed E-state index contributed by atoms with van der Waals surface area (Å²) in [6.45, 7) is -0.785. The van der Waals surface area contributed by atoms with Gasteiger partial charge >= 0.3 is 5.97 Å². The number of hydrogen-bond donors (Lipinski definition) is 3. The molecule has 8 nitrogen and oxygen atoms in total. The molecule has 3 aromatic rings. The van der Waals surface area contributed by atoms with Crippen LogP contribution in [0, 0.1) is 11.6 Å². The van der Waals surface area contributed by atoms with Crippen LogP contribution in [0.4, 0.5) is 20.2 Å². The van der Waals surface area contributed by atoms with Gasteiger partial charge in [0.1, 0.15) is 11.3 Å². The number of rotatable bonds is 6. The molecule has 0 saturated heterocycles. The first-order valence-corrected chi connectivity index (χ1v) is 8.56. The van der Waals surface area contributed by atoms with E-state index in [-0.39, 0.29) is 22.5 Å². The highest BCUT2D eigenvalue weighted by Gasteiger charge is 2.22. The molecular weight excluding hydrogens is 442 g/mol. The summed E-state index contributed by atoms with van der Waals surface area (Å²) in [5, 5.41) is 11.2. The molecule has 1 heterocycles. The molecule has 0 fully saturated rings. The molecule has 28 heavy (non-hydrogen) atoms. The number of carbonyl (C=O) groups excluding carboxylic acids is 1. The highest BCUT2D eigenvalue weighted by Crippen LogP contribution is 2.32. The monoisotopic (exact) mass is 454 g/mol. The zero-order valence-electron chi connectivity index (χ0n) is 14.3. The summed E-state index contributed by atoms with van der Waals surface area (Å²) >= 11 is 3.13. The number of imidazole rings is 1. The molecule has 0 bridgehead atoms. The van der Waals surface area contributed by atoms with E-state index in [4.69, 9.17) is 5.11 Å². The second-order valence-electron chi connectivity index (χ2n) is 5.70. The van der Waals surface area contributed by atoms with Gasteiger partial charge in [0.25, 0.3) is 5.91 Å². The number of aryl methyl sites for hydroxylation is 1. The molecule has 0 spiro atoms. The number of amides is 1. The SMILES string of the molecule is Cn1cnc2c(F)c(Nc3ccc(Br)cc3F)c(C(=O)NOCC(=O)O)cc21. The summed E-state index contributed by atoms with van der Waals surface area (Å²) in [4.78, 5) is 31.5. The Hall–Kier alpha value is -3.05. The Labute approximate surface area is 165 Å². The Morgan fingerprint density at radius 2 is 2.07 bits per heavy atom. The number of aromatic nitrogens is 2. The summed E-state index contributed by atoms with van der Waals surface area (Å²) in [6, 6.07) is 5.42. The number of nitrogens with zero attached hydrogens (tertiary/aromatic N) is 2. The average Bonchev–Trinajstić information content (AvgIpc) is 3.00. The number of hydroxylamine groups is 1. The Bertz CT molecular complexity index is 1090. The lowest BCUT2D eigenvalue weighted by atomic mass is 10.1. The molecule has 0 unspecified atom stereocenters. The maximum absolute atomic E-state index is 15.1. The van der Waals surface area contributed by atoms with Gasteiger partial charge in [-0.2, -0.15) is 0 Å². The van der Waals surface area contributed by atoms with Gasteiger partial charge < -0.3 is 15.0 Å². The third-order valence-electron chi connectivity index (χ3n) is 3.76. The average molecular weight is 455 g/mol. The van der Waals surface area contributed by atoms with Crippen LogP contribution in [-0.2, 0) is 16.7 Å². The van der Waals surface area contributed by atoms with Crippen LogP contribution in [0.15, 0.2) is 35.1 Å². The number of carboxylic acids is 1. The van der Waals surface area contributed by atoms with Gasteiger partial charge in [-0.25, -0.2) is 24.0 Å². The van der Waals surface area contributed by atoms with Gasteiger partial charge in [-0.3, -0.25) is 9.63 Å². The van der Waals surface area contributed by atoms with E-state index in [1.807, 2.05) is 5.48 Å². The van der Waals surface area contributed by atoms with Crippen molar-refractivity contribution in [3.63, 3.8) is 0 Å². The quantitative estimate of drug-likeness (QED) is 0.494. The first-order valence-electron chi connectivity index (χ1n) is 7.77. The van der Waals surface area contributed by atoms with Crippen LogP contribution >= 0.6 is 15.9 Å². The van der Waals surface area contributed by atoms with E-state index in [2.05, 4.69) is 31.1 Å². The van der Waals surface area contributed by atoms with Gasteiger partial charge in [-0.15, -0.1) is 0 Å². The van der Waals surface area contributed by atoms with Gasteiger partial charge in [-0.1, -0.05) is 15.9 Å². The molecule has 3 N–H and O–H groups in total. The normalized spacial score (nSPS) is 10.9. The number of hydrogen-bond acceptors (Lipinski definition) is 5. The summed E-state index contributed by atoms with van der Waals surface area (Å²) in [5.41, 5.74) is 1.59. The summed E-state index contributed by atoms with van der Waals surface area (Å²) in [5.74, 6) is -3.76. The van der Waals surface area contributed by atoms with Crippen LogP contribution in [0.2, 0.25) is 0 Å². The van der Waals surface area contributed by atoms with E-state index in [0.29, 0.717) is 9.99 Å². The minimum Gasteiger partial charge on any atom is -0.479 e. The fraction of sp³-hybridized carbons (Fsp3) is 0.118. The smallest absolute Gasteiger partial charge is 0.332 e. The van der Waals surface area contributed by atoms with Gasteiger partial charge in [0.15, 0.2) is 12.4 Å². The molecule has 0 aliphatic rings. The predicted octanol–water partition coefficient (Wildman–Crippen LogP) is 3.10. The van der Waals surface area contributed by atoms with E-state index in [0.717, 1.165) is 0 Å². The van der Waals surface area contributed by atoms with Crippen LogP contribution in [0.5, 0.6) is 0 Å². The molecular formula is C17H13BrF2N4O4. The lowest BCUT2D eigenvalue weighted by molar-refractivity contribution is -0.144. The summed E-state index contributed by atoms with van der Waals surface area (Å²) < 4.78 is 31.2. The van der Waals surface area contributed by atoms with Crippen LogP contribution in [-0.4, -0.2) is 33.1 Å². The molecule has 0 saturated carbocycles. The Morgan fingerprint density at radius 1 is 1.32 bits per heavy atom. The molecule has 2 aromatic carbocycles. The molecule has 0 atom stereocenters. The lowest BCUT2D eigenvalue weighted by Crippen LogP contribution is -2.27. The summed E-state index contributed by atoms with van der Waals surface area (Å²) in [6.07, 6.45) is 1.36. The van der Waals surface area contributed by atoms with Gasteiger partial charge in [-0.05, 0) is 24.3 Å². The zero-order valence-corrected chi connectivity index (χ0v) is 15.9. The lowest BCUT2D eigenvalue weighted by Gasteiger charge is -2.14. The number of carboxylic acid groups (broad SMARTS) is 1. The zero-order chi connectivity index (χ0) is 20.4. The summed E-state index contributed by atoms with van der Waals surface area (Å²) in [7, 11) is 1.61. The third-order valence-corrected chi connectivity index (χ3v) is 4.25. The maximum atomic E-state index is 15.1. The molecule has 3 rings (SSSR count). The Balaban J connectivity index is 2.06. The fourth-order valence-electron chi connectivity index (χ4n) is 2.47. The van der Waals surface area contributed by atoms with E-state index < -0.39 is 30.1 Å². The topological polar surface area (TPSA) is 105 Å². The van der Waals surface area contributed by atoms with Crippen molar-refractivity contribution in [3.05, 3.63) is 52.3 Å². The van der Waals surface area contributed by atoms with Crippen molar-refractivity contribution in [2.45, 2.75) is 0 Å². The van der Waals surface area contributed by atoms with Gasteiger partial charge in [0.2, 0.25) is 0 Å². The minimum absolute atomic E-state index is 0.0227. The number of fused-ring (bicyclic) bond motifs is 1. The second kappa shape index (κ2) is 7.90. The molecule has 1 amide bonds. The van der Waals surface area contributed by atoms with Crippen LogP contribution in [0.3, 0.4) is 0 Å². The van der Waals surface area contributed by atoms with Crippen molar-refractivity contribution < 1.29 is 28.3 Å². The molecule has 0 aliphatic heterocycles. The van der Waals surface area contributed by atoms with Gasteiger partial charge in [0, 0.05) is 11.5 Å².